The molecule has 3 aromatic carbocycles. The molecule has 4 aromatic rings. The maximum Gasteiger partial charge on any atom is 0.177 e. The molecule has 0 spiro atoms. The van der Waals surface area contributed by atoms with Crippen LogP contribution < -0.4 is 0 Å². The summed E-state index contributed by atoms with van der Waals surface area (Å²) in [6.07, 6.45) is 4.27. The van der Waals surface area contributed by atoms with Crippen LogP contribution in [0.2, 0.25) is 0 Å². The molecule has 1 N–H and O–H groups in total. The number of aromatic hydroxyl groups is 1. The number of hydrogen-bond acceptors (Lipinski definition) is 5. The Kier molecular flexibility index (Phi) is 7.90. The number of para-hydroxylation sites is 1. The Bertz CT molecular complexity index is 1190. The van der Waals surface area contributed by atoms with Gasteiger partial charge in [0.05, 0.1) is 12.5 Å². The Balaban J connectivity index is 1.55. The van der Waals surface area contributed by atoms with Crippen LogP contribution in [0.1, 0.15) is 28.4 Å². The van der Waals surface area contributed by atoms with Crippen molar-refractivity contribution in [1.29, 1.82) is 0 Å². The Morgan fingerprint density at radius 2 is 1.50 bits per heavy atom. The van der Waals surface area contributed by atoms with Crippen molar-refractivity contribution in [1.82, 2.24) is 0 Å². The van der Waals surface area contributed by atoms with E-state index in [1.807, 2.05) is 60.7 Å². The van der Waals surface area contributed by atoms with Gasteiger partial charge in [-0.1, -0.05) is 78.0 Å². The van der Waals surface area contributed by atoms with Crippen LogP contribution >= 0.6 is 0 Å². The zero-order chi connectivity index (χ0) is 23.6. The largest absolute Gasteiger partial charge is 0.507 e. The van der Waals surface area contributed by atoms with E-state index in [2.05, 4.69) is 17.3 Å². The van der Waals surface area contributed by atoms with E-state index in [9.17, 15) is 9.90 Å². The van der Waals surface area contributed by atoms with E-state index < -0.39 is 0 Å². The minimum Gasteiger partial charge on any atom is -0.507 e. The minimum absolute atomic E-state index is 0.0596. The second kappa shape index (κ2) is 11.7. The van der Waals surface area contributed by atoms with Gasteiger partial charge in [0.15, 0.2) is 12.4 Å². The molecular weight excluding hydrogens is 426 g/mol. The fraction of sp³-hybridized carbons (Fsp3) is 0.172. The Morgan fingerprint density at radius 1 is 0.853 bits per heavy atom. The van der Waals surface area contributed by atoms with E-state index in [1.165, 1.54) is 6.21 Å². The summed E-state index contributed by atoms with van der Waals surface area (Å²) in [6.45, 7) is -0.173. The molecule has 0 aliphatic carbocycles. The number of nitrogens with zero attached hydrogens (tertiary/aromatic N) is 1. The molecule has 0 fully saturated rings. The van der Waals surface area contributed by atoms with Gasteiger partial charge in [-0.05, 0) is 48.2 Å². The zero-order valence-electron chi connectivity index (χ0n) is 18.8. The second-order valence-electron chi connectivity index (χ2n) is 8.14. The van der Waals surface area contributed by atoms with Gasteiger partial charge in [-0.25, -0.2) is 0 Å². The number of rotatable bonds is 11. The molecular formula is C29H27NO4. The number of phenolic OH excluding ortho intramolecular Hbond substituents is 1. The molecule has 1 aromatic heterocycles. The van der Waals surface area contributed by atoms with Crippen molar-refractivity contribution in [2.75, 3.05) is 6.61 Å². The smallest absolute Gasteiger partial charge is 0.177 e. The highest BCUT2D eigenvalue weighted by atomic mass is 16.6. The van der Waals surface area contributed by atoms with E-state index in [0.29, 0.717) is 18.4 Å². The molecule has 4 rings (SSSR count). The predicted octanol–water partition coefficient (Wildman–Crippen LogP) is 5.79. The minimum atomic E-state index is -0.367. The molecule has 1 heterocycles. The SMILES string of the molecule is O=C(CON=Cc1ccccc1O)C(Cc1ccccc1)C(Cc1ccccc1)c1ccco1. The molecule has 0 saturated carbocycles. The number of hydrogen-bond donors (Lipinski definition) is 1. The molecule has 5 heteroatoms. The fourth-order valence-electron chi connectivity index (χ4n) is 4.06. The van der Waals surface area contributed by atoms with Gasteiger partial charge in [-0.3, -0.25) is 4.79 Å². The molecule has 0 saturated heterocycles. The van der Waals surface area contributed by atoms with E-state index in [0.717, 1.165) is 16.9 Å². The van der Waals surface area contributed by atoms with Crippen LogP contribution in [0.4, 0.5) is 0 Å². The summed E-state index contributed by atoms with van der Waals surface area (Å²) in [5.74, 6) is 0.292. The number of ketones is 1. The standard InChI is InChI=1S/C29H27NO4/c31-27-15-8-7-14-24(27)20-30-34-21-28(32)25(18-22-10-3-1-4-11-22)26(29-16-9-17-33-29)19-23-12-5-2-6-13-23/h1-17,20,25-26,31H,18-19,21H2. The van der Waals surface area contributed by atoms with E-state index in [4.69, 9.17) is 9.25 Å². The number of Topliss-reactive ketones (excluding diaryl/α,β-unsaturated/α-hetero) is 1. The Morgan fingerprint density at radius 3 is 2.15 bits per heavy atom. The molecule has 0 aliphatic rings. The van der Waals surface area contributed by atoms with Gasteiger partial charge in [-0.15, -0.1) is 0 Å². The zero-order valence-corrected chi connectivity index (χ0v) is 18.8. The summed E-state index contributed by atoms with van der Waals surface area (Å²) in [7, 11) is 0. The maximum absolute atomic E-state index is 13.5. The molecule has 0 aliphatic heterocycles. The van der Waals surface area contributed by atoms with E-state index in [-0.39, 0.29) is 30.0 Å². The molecule has 2 unspecified atom stereocenters. The number of furan rings is 1. The molecule has 0 bridgehead atoms. The average Bonchev–Trinajstić information content (AvgIpc) is 3.41. The van der Waals surface area contributed by atoms with Crippen molar-refractivity contribution in [3.63, 3.8) is 0 Å². The highest BCUT2D eigenvalue weighted by Crippen LogP contribution is 2.32. The lowest BCUT2D eigenvalue weighted by atomic mass is 9.79. The average molecular weight is 454 g/mol. The molecule has 0 radical (unpaired) electrons. The van der Waals surface area contributed by atoms with Crippen molar-refractivity contribution in [2.24, 2.45) is 11.1 Å². The molecule has 5 nitrogen and oxygen atoms in total. The third-order valence-corrected chi connectivity index (χ3v) is 5.81. The first-order chi connectivity index (χ1) is 16.7. The maximum atomic E-state index is 13.5. The van der Waals surface area contributed by atoms with Crippen molar-refractivity contribution in [3.8, 4) is 5.75 Å². The van der Waals surface area contributed by atoms with Crippen molar-refractivity contribution >= 4 is 12.0 Å². The van der Waals surface area contributed by atoms with Crippen molar-refractivity contribution in [3.05, 3.63) is 126 Å². The molecule has 0 amide bonds. The van der Waals surface area contributed by atoms with Gasteiger partial charge >= 0.3 is 0 Å². The van der Waals surface area contributed by atoms with Crippen LogP contribution in [0.3, 0.4) is 0 Å². The number of phenols is 1. The third-order valence-electron chi connectivity index (χ3n) is 5.81. The van der Waals surface area contributed by atoms with Crippen LogP contribution in [-0.2, 0) is 22.5 Å². The molecule has 34 heavy (non-hydrogen) atoms. The predicted molar refractivity (Wildman–Crippen MR) is 132 cm³/mol. The number of carbonyl (C=O) groups excluding carboxylic acids is 1. The van der Waals surface area contributed by atoms with Crippen molar-refractivity contribution in [2.45, 2.75) is 18.8 Å². The summed E-state index contributed by atoms with van der Waals surface area (Å²) < 4.78 is 5.78. The van der Waals surface area contributed by atoms with Gasteiger partial charge < -0.3 is 14.4 Å². The van der Waals surface area contributed by atoms with Crippen LogP contribution in [0, 0.1) is 5.92 Å². The summed E-state index contributed by atoms with van der Waals surface area (Å²) in [6, 6.07) is 30.7. The van der Waals surface area contributed by atoms with Gasteiger partial charge in [-0.2, -0.15) is 0 Å². The first-order valence-electron chi connectivity index (χ1n) is 11.3. The third kappa shape index (κ3) is 6.23. The van der Waals surface area contributed by atoms with Crippen LogP contribution in [-0.4, -0.2) is 23.7 Å². The highest BCUT2D eigenvalue weighted by molar-refractivity contribution is 5.84. The van der Waals surface area contributed by atoms with Crippen LogP contribution in [0.5, 0.6) is 5.75 Å². The molecule has 172 valence electrons. The van der Waals surface area contributed by atoms with Gasteiger partial charge in [0.1, 0.15) is 11.5 Å². The highest BCUT2D eigenvalue weighted by Gasteiger charge is 2.32. The summed E-state index contributed by atoms with van der Waals surface area (Å²) in [4.78, 5) is 18.8. The fourth-order valence-corrected chi connectivity index (χ4v) is 4.06. The summed E-state index contributed by atoms with van der Waals surface area (Å²) in [5, 5.41) is 13.8. The lowest BCUT2D eigenvalue weighted by Gasteiger charge is -2.25. The Labute approximate surface area is 199 Å². The quantitative estimate of drug-likeness (QED) is 0.230. The lowest BCUT2D eigenvalue weighted by Crippen LogP contribution is -2.29. The van der Waals surface area contributed by atoms with Gasteiger partial charge in [0.2, 0.25) is 0 Å². The first kappa shape index (κ1) is 23.1. The first-order valence-corrected chi connectivity index (χ1v) is 11.3. The lowest BCUT2D eigenvalue weighted by molar-refractivity contribution is -0.128. The molecule has 2 atom stereocenters. The monoisotopic (exact) mass is 453 g/mol. The van der Waals surface area contributed by atoms with E-state index in [1.54, 1.807) is 30.5 Å². The second-order valence-corrected chi connectivity index (χ2v) is 8.14. The van der Waals surface area contributed by atoms with Gasteiger partial charge in [0, 0.05) is 17.4 Å². The summed E-state index contributed by atoms with van der Waals surface area (Å²) >= 11 is 0. The van der Waals surface area contributed by atoms with Crippen LogP contribution in [0.15, 0.2) is 113 Å². The van der Waals surface area contributed by atoms with Gasteiger partial charge in [0.25, 0.3) is 0 Å². The normalized spacial score (nSPS) is 12.9. The summed E-state index contributed by atoms with van der Waals surface area (Å²) in [5.41, 5.74) is 2.73. The topological polar surface area (TPSA) is 72.0 Å². The number of carbonyl (C=O) groups is 1. The van der Waals surface area contributed by atoms with Crippen LogP contribution in [0.25, 0.3) is 0 Å². The van der Waals surface area contributed by atoms with E-state index >= 15 is 0 Å². The Hall–Kier alpha value is -4.12. The van der Waals surface area contributed by atoms with Crippen molar-refractivity contribution < 1.29 is 19.2 Å². The number of oxime groups is 1. The number of benzene rings is 3.